The van der Waals surface area contributed by atoms with Crippen LogP contribution in [0.4, 0.5) is 0 Å². The Morgan fingerprint density at radius 2 is 2.00 bits per heavy atom. The number of piperidine rings is 1. The molecule has 2 aromatic rings. The maximum Gasteiger partial charge on any atom is 0.191 e. The standard InChI is InChI=1S/C23H34N4OS.HI/c1-18(2)21-6-4-5-7-22(21)28-14-11-25-23(24-3)26-20-8-12-27(13-9-20)16-19-10-15-29-17-19;/h4-7,10,15,17-18,20H,8-9,11-14,16H2,1-3H3,(H2,24,25,26);1H. The summed E-state index contributed by atoms with van der Waals surface area (Å²) in [6.07, 6.45) is 2.28. The average Bonchev–Trinajstić information content (AvgIpc) is 3.25. The molecular weight excluding hydrogens is 507 g/mol. The Kier molecular flexibility index (Phi) is 11.0. The van der Waals surface area contributed by atoms with Gasteiger partial charge in [-0.25, -0.2) is 0 Å². The number of aliphatic imine (C=N–C) groups is 1. The number of thiophene rings is 1. The van der Waals surface area contributed by atoms with Crippen LogP contribution >= 0.6 is 35.3 Å². The number of hydrogen-bond donors (Lipinski definition) is 2. The Labute approximate surface area is 202 Å². The highest BCUT2D eigenvalue weighted by Gasteiger charge is 2.20. The van der Waals surface area contributed by atoms with Crippen LogP contribution in [0.1, 0.15) is 43.7 Å². The molecule has 0 aliphatic carbocycles. The minimum absolute atomic E-state index is 0. The number of para-hydroxylation sites is 1. The van der Waals surface area contributed by atoms with E-state index < -0.39 is 0 Å². The third kappa shape index (κ3) is 7.74. The van der Waals surface area contributed by atoms with Gasteiger partial charge in [-0.05, 0) is 52.8 Å². The second kappa shape index (κ2) is 13.2. The summed E-state index contributed by atoms with van der Waals surface area (Å²) in [6, 6.07) is 11.0. The van der Waals surface area contributed by atoms with Crippen LogP contribution in [0.2, 0.25) is 0 Å². The molecule has 2 N–H and O–H groups in total. The summed E-state index contributed by atoms with van der Waals surface area (Å²) < 4.78 is 6.00. The number of guanidine groups is 1. The highest BCUT2D eigenvalue weighted by molar-refractivity contribution is 14.0. The van der Waals surface area contributed by atoms with Crippen LogP contribution in [-0.4, -0.2) is 50.2 Å². The Bertz CT molecular complexity index is 758. The van der Waals surface area contributed by atoms with Gasteiger partial charge < -0.3 is 15.4 Å². The Hall–Kier alpha value is -1.32. The number of halogens is 1. The molecule has 0 radical (unpaired) electrons. The molecule has 166 valence electrons. The number of rotatable bonds is 8. The number of nitrogens with one attached hydrogen (secondary N) is 2. The third-order valence-electron chi connectivity index (χ3n) is 5.33. The molecular formula is C23H35IN4OS. The number of likely N-dealkylation sites (tertiary alicyclic amines) is 1. The molecule has 30 heavy (non-hydrogen) atoms. The van der Waals surface area contributed by atoms with E-state index in [1.807, 2.05) is 19.2 Å². The molecule has 3 rings (SSSR count). The Morgan fingerprint density at radius 1 is 1.23 bits per heavy atom. The fraction of sp³-hybridized carbons (Fsp3) is 0.522. The maximum absolute atomic E-state index is 6.00. The van der Waals surface area contributed by atoms with Crippen LogP contribution in [0.3, 0.4) is 0 Å². The van der Waals surface area contributed by atoms with Crippen LogP contribution in [0.15, 0.2) is 46.1 Å². The monoisotopic (exact) mass is 542 g/mol. The number of hydrogen-bond acceptors (Lipinski definition) is 4. The largest absolute Gasteiger partial charge is 0.491 e. The van der Waals surface area contributed by atoms with Gasteiger partial charge in [0, 0.05) is 32.7 Å². The van der Waals surface area contributed by atoms with Crippen molar-refractivity contribution >= 4 is 41.3 Å². The van der Waals surface area contributed by atoms with Crippen molar-refractivity contribution in [2.75, 3.05) is 33.3 Å². The van der Waals surface area contributed by atoms with Crippen LogP contribution in [-0.2, 0) is 6.54 Å². The Balaban J connectivity index is 0.00000320. The molecule has 1 aliphatic heterocycles. The topological polar surface area (TPSA) is 48.9 Å². The fourth-order valence-corrected chi connectivity index (χ4v) is 4.34. The van der Waals surface area contributed by atoms with Gasteiger partial charge in [0.2, 0.25) is 0 Å². The predicted molar refractivity (Wildman–Crippen MR) is 139 cm³/mol. The van der Waals surface area contributed by atoms with Crippen LogP contribution < -0.4 is 15.4 Å². The second-order valence-corrected chi connectivity index (χ2v) is 8.65. The molecule has 0 amide bonds. The molecule has 0 bridgehead atoms. The third-order valence-corrected chi connectivity index (χ3v) is 6.06. The summed E-state index contributed by atoms with van der Waals surface area (Å²) in [4.78, 5) is 6.92. The van der Waals surface area contributed by atoms with E-state index in [1.54, 1.807) is 11.3 Å². The number of nitrogens with zero attached hydrogens (tertiary/aromatic N) is 2. The smallest absolute Gasteiger partial charge is 0.191 e. The molecule has 0 saturated carbocycles. The van der Waals surface area contributed by atoms with Crippen molar-refractivity contribution in [2.45, 2.75) is 45.2 Å². The molecule has 0 unspecified atom stereocenters. The van der Waals surface area contributed by atoms with Gasteiger partial charge in [0.25, 0.3) is 0 Å². The molecule has 1 saturated heterocycles. The van der Waals surface area contributed by atoms with Crippen molar-refractivity contribution in [1.29, 1.82) is 0 Å². The van der Waals surface area contributed by atoms with E-state index in [-0.39, 0.29) is 24.0 Å². The van der Waals surface area contributed by atoms with Crippen molar-refractivity contribution in [1.82, 2.24) is 15.5 Å². The molecule has 1 aromatic carbocycles. The van der Waals surface area contributed by atoms with E-state index in [9.17, 15) is 0 Å². The summed E-state index contributed by atoms with van der Waals surface area (Å²) in [5, 5.41) is 11.4. The normalized spacial score (nSPS) is 15.7. The van der Waals surface area contributed by atoms with Crippen molar-refractivity contribution in [3.63, 3.8) is 0 Å². The molecule has 1 aliphatic rings. The highest BCUT2D eigenvalue weighted by Crippen LogP contribution is 2.25. The van der Waals surface area contributed by atoms with Crippen LogP contribution in [0.25, 0.3) is 0 Å². The Morgan fingerprint density at radius 3 is 2.67 bits per heavy atom. The summed E-state index contributed by atoms with van der Waals surface area (Å²) in [7, 11) is 1.83. The van der Waals surface area contributed by atoms with Crippen molar-refractivity contribution in [3.8, 4) is 5.75 Å². The van der Waals surface area contributed by atoms with Gasteiger partial charge in [-0.2, -0.15) is 11.3 Å². The van der Waals surface area contributed by atoms with Crippen molar-refractivity contribution in [3.05, 3.63) is 52.2 Å². The summed E-state index contributed by atoms with van der Waals surface area (Å²) >= 11 is 1.78. The number of benzene rings is 1. The van der Waals surface area contributed by atoms with Crippen LogP contribution in [0, 0.1) is 0 Å². The first-order valence-electron chi connectivity index (χ1n) is 10.6. The van der Waals surface area contributed by atoms with Gasteiger partial charge in [0.05, 0.1) is 6.54 Å². The second-order valence-electron chi connectivity index (χ2n) is 7.87. The molecule has 0 spiro atoms. The summed E-state index contributed by atoms with van der Waals surface area (Å²) in [5.41, 5.74) is 2.68. The first-order chi connectivity index (χ1) is 14.2. The van der Waals surface area contributed by atoms with Crippen molar-refractivity contribution < 1.29 is 4.74 Å². The zero-order valence-corrected chi connectivity index (χ0v) is 21.4. The lowest BCUT2D eigenvalue weighted by Crippen LogP contribution is -2.49. The fourth-order valence-electron chi connectivity index (χ4n) is 3.68. The average molecular weight is 543 g/mol. The van der Waals surface area contributed by atoms with E-state index >= 15 is 0 Å². The lowest BCUT2D eigenvalue weighted by molar-refractivity contribution is 0.198. The summed E-state index contributed by atoms with van der Waals surface area (Å²) in [5.74, 6) is 2.30. The van der Waals surface area contributed by atoms with Crippen molar-refractivity contribution in [2.24, 2.45) is 4.99 Å². The predicted octanol–water partition coefficient (Wildman–Crippen LogP) is 4.70. The molecule has 1 aromatic heterocycles. The SMILES string of the molecule is CN=C(NCCOc1ccccc1C(C)C)NC1CCN(Cc2ccsc2)CC1.I. The molecule has 7 heteroatoms. The molecule has 5 nitrogen and oxygen atoms in total. The van der Waals surface area contributed by atoms with E-state index in [4.69, 9.17) is 4.74 Å². The van der Waals surface area contributed by atoms with Crippen LogP contribution in [0.5, 0.6) is 5.75 Å². The van der Waals surface area contributed by atoms with Gasteiger partial charge >= 0.3 is 0 Å². The zero-order chi connectivity index (χ0) is 20.5. The van der Waals surface area contributed by atoms with Gasteiger partial charge in [0.15, 0.2) is 5.96 Å². The quantitative estimate of drug-likeness (QED) is 0.220. The van der Waals surface area contributed by atoms with Gasteiger partial charge in [0.1, 0.15) is 12.4 Å². The first kappa shape index (κ1) is 24.9. The molecule has 1 fully saturated rings. The minimum Gasteiger partial charge on any atom is -0.491 e. The van der Waals surface area contributed by atoms with Gasteiger partial charge in [-0.1, -0.05) is 32.0 Å². The maximum atomic E-state index is 6.00. The first-order valence-corrected chi connectivity index (χ1v) is 11.5. The zero-order valence-electron chi connectivity index (χ0n) is 18.3. The molecule has 2 heterocycles. The van der Waals surface area contributed by atoms with E-state index in [0.29, 0.717) is 18.6 Å². The lowest BCUT2D eigenvalue weighted by Gasteiger charge is -2.32. The van der Waals surface area contributed by atoms with E-state index in [0.717, 1.165) is 50.7 Å². The minimum atomic E-state index is 0. The highest BCUT2D eigenvalue weighted by atomic mass is 127. The molecule has 0 atom stereocenters. The van der Waals surface area contributed by atoms with E-state index in [1.165, 1.54) is 11.1 Å². The summed E-state index contributed by atoms with van der Waals surface area (Å²) in [6.45, 7) is 9.04. The van der Waals surface area contributed by atoms with E-state index in [2.05, 4.69) is 63.3 Å². The number of ether oxygens (including phenoxy) is 1. The van der Waals surface area contributed by atoms with Gasteiger partial charge in [-0.3, -0.25) is 9.89 Å². The van der Waals surface area contributed by atoms with Gasteiger partial charge in [-0.15, -0.1) is 24.0 Å². The lowest BCUT2D eigenvalue weighted by atomic mass is 10.0.